The maximum Gasteiger partial charge on any atom is 0.319 e. The van der Waals surface area contributed by atoms with E-state index in [-0.39, 0.29) is 24.7 Å². The largest absolute Gasteiger partial charge is 0.351 e. The molecule has 1 aromatic carbocycles. The normalized spacial score (nSPS) is 11.0. The van der Waals surface area contributed by atoms with E-state index in [0.717, 1.165) is 10.1 Å². The molecule has 0 aliphatic heterocycles. The van der Waals surface area contributed by atoms with E-state index in [1.165, 1.54) is 29.9 Å². The van der Waals surface area contributed by atoms with Crippen molar-refractivity contribution in [1.82, 2.24) is 19.9 Å². The molecule has 0 radical (unpaired) electrons. The van der Waals surface area contributed by atoms with Gasteiger partial charge in [0.15, 0.2) is 0 Å². The van der Waals surface area contributed by atoms with Gasteiger partial charge < -0.3 is 5.32 Å². The Morgan fingerprint density at radius 1 is 1.32 bits per heavy atom. The van der Waals surface area contributed by atoms with Crippen LogP contribution in [0, 0.1) is 0 Å². The molecule has 5 nitrogen and oxygen atoms in total. The van der Waals surface area contributed by atoms with Crippen LogP contribution in [0.4, 0.5) is 8.78 Å². The summed E-state index contributed by atoms with van der Waals surface area (Å²) in [6.07, 6.45) is 4.20. The van der Waals surface area contributed by atoms with Gasteiger partial charge in [0.1, 0.15) is 15.7 Å². The van der Waals surface area contributed by atoms with Crippen LogP contribution in [0.1, 0.15) is 22.0 Å². The third-order valence-corrected chi connectivity index (χ3v) is 4.79. The summed E-state index contributed by atoms with van der Waals surface area (Å²) in [5, 5.41) is 3.88. The van der Waals surface area contributed by atoms with Crippen LogP contribution in [0.15, 0.2) is 42.9 Å². The first-order chi connectivity index (χ1) is 12.1. The van der Waals surface area contributed by atoms with E-state index in [9.17, 15) is 13.6 Å². The topological polar surface area (TPSA) is 59.8 Å². The number of rotatable bonds is 6. The number of thiazole rings is 1. The number of nitrogens with one attached hydrogen (secondary N) is 1. The number of benzene rings is 1. The highest BCUT2D eigenvalue weighted by Gasteiger charge is 2.14. The molecule has 1 amide bonds. The number of nitrogens with zero attached hydrogens (tertiary/aromatic N) is 3. The van der Waals surface area contributed by atoms with Gasteiger partial charge in [0.2, 0.25) is 0 Å². The van der Waals surface area contributed by atoms with Gasteiger partial charge >= 0.3 is 6.55 Å². The van der Waals surface area contributed by atoms with Crippen molar-refractivity contribution < 1.29 is 13.6 Å². The molecule has 2 heterocycles. The van der Waals surface area contributed by atoms with E-state index in [2.05, 4.69) is 15.3 Å². The molecule has 0 bridgehead atoms. The van der Waals surface area contributed by atoms with Gasteiger partial charge in [-0.15, -0.1) is 11.3 Å². The zero-order valence-electron chi connectivity index (χ0n) is 12.8. The molecule has 0 saturated heterocycles. The number of imidazole rings is 1. The number of carbonyl (C=O) groups is 1. The highest BCUT2D eigenvalue weighted by atomic mass is 35.5. The van der Waals surface area contributed by atoms with E-state index in [0.29, 0.717) is 14.9 Å². The van der Waals surface area contributed by atoms with Crippen molar-refractivity contribution in [3.63, 3.8) is 0 Å². The second kappa shape index (κ2) is 7.71. The van der Waals surface area contributed by atoms with Crippen molar-refractivity contribution in [1.29, 1.82) is 0 Å². The fourth-order valence-electron chi connectivity index (χ4n) is 2.23. The molecule has 3 aromatic rings. The summed E-state index contributed by atoms with van der Waals surface area (Å²) in [4.78, 5) is 20.7. The molecule has 0 fully saturated rings. The number of hydrogen-bond donors (Lipinski definition) is 1. The number of aromatic nitrogens is 3. The molecule has 0 saturated carbocycles. The van der Waals surface area contributed by atoms with Crippen LogP contribution in [0.25, 0.3) is 10.6 Å². The molecule has 3 rings (SSSR count). The third-order valence-electron chi connectivity index (χ3n) is 3.43. The first kappa shape index (κ1) is 17.5. The quantitative estimate of drug-likeness (QED) is 0.700. The Kier molecular flexibility index (Phi) is 5.40. The molecule has 25 heavy (non-hydrogen) atoms. The molecule has 2 aromatic heterocycles. The van der Waals surface area contributed by atoms with E-state index < -0.39 is 6.55 Å². The fourth-order valence-corrected chi connectivity index (χ4v) is 3.38. The maximum absolute atomic E-state index is 12.7. The summed E-state index contributed by atoms with van der Waals surface area (Å²) < 4.78 is 26.2. The van der Waals surface area contributed by atoms with Gasteiger partial charge in [-0.2, -0.15) is 8.78 Å². The van der Waals surface area contributed by atoms with Gasteiger partial charge in [0.05, 0.1) is 11.2 Å². The fraction of sp³-hybridized carbons (Fsp3) is 0.188. The SMILES string of the molecule is O=C(NCCc1nccn1C(F)F)c1cnc(-c2ccccc2Cl)s1. The Hall–Kier alpha value is -2.32. The van der Waals surface area contributed by atoms with Crippen LogP contribution in [0.3, 0.4) is 0 Å². The Morgan fingerprint density at radius 2 is 2.12 bits per heavy atom. The first-order valence-electron chi connectivity index (χ1n) is 7.35. The van der Waals surface area contributed by atoms with Crippen LogP contribution in [-0.2, 0) is 6.42 Å². The Morgan fingerprint density at radius 3 is 2.88 bits per heavy atom. The highest BCUT2D eigenvalue weighted by Crippen LogP contribution is 2.30. The monoisotopic (exact) mass is 382 g/mol. The Bertz CT molecular complexity index is 880. The van der Waals surface area contributed by atoms with E-state index >= 15 is 0 Å². The van der Waals surface area contributed by atoms with Crippen molar-refractivity contribution in [2.45, 2.75) is 13.0 Å². The van der Waals surface area contributed by atoms with Crippen molar-refractivity contribution in [2.24, 2.45) is 0 Å². The number of amides is 1. The number of carbonyl (C=O) groups excluding carboxylic acids is 1. The lowest BCUT2D eigenvalue weighted by molar-refractivity contribution is 0.0670. The van der Waals surface area contributed by atoms with E-state index in [1.807, 2.05) is 18.2 Å². The lowest BCUT2D eigenvalue weighted by Crippen LogP contribution is -2.25. The highest BCUT2D eigenvalue weighted by molar-refractivity contribution is 7.17. The summed E-state index contributed by atoms with van der Waals surface area (Å²) in [5.74, 6) is -0.0951. The molecule has 130 valence electrons. The van der Waals surface area contributed by atoms with Gasteiger partial charge in [-0.05, 0) is 6.07 Å². The summed E-state index contributed by atoms with van der Waals surface area (Å²) in [5.41, 5.74) is 0.757. The molecule has 1 N–H and O–H groups in total. The molecule has 0 unspecified atom stereocenters. The third kappa shape index (κ3) is 4.02. The summed E-state index contributed by atoms with van der Waals surface area (Å²) in [6, 6.07) is 7.24. The second-order valence-electron chi connectivity index (χ2n) is 5.04. The average Bonchev–Trinajstić information content (AvgIpc) is 3.24. The Labute approximate surface area is 151 Å². The number of halogens is 3. The molecule has 9 heteroatoms. The minimum absolute atomic E-state index is 0.196. The van der Waals surface area contributed by atoms with Gasteiger partial charge in [-0.1, -0.05) is 29.8 Å². The van der Waals surface area contributed by atoms with Crippen LogP contribution in [-0.4, -0.2) is 27.0 Å². The van der Waals surface area contributed by atoms with E-state index in [1.54, 1.807) is 6.07 Å². The van der Waals surface area contributed by atoms with Crippen molar-refractivity contribution >= 4 is 28.8 Å². The van der Waals surface area contributed by atoms with Gasteiger partial charge in [0.25, 0.3) is 5.91 Å². The molecule has 0 aliphatic carbocycles. The van der Waals surface area contributed by atoms with E-state index in [4.69, 9.17) is 11.6 Å². The van der Waals surface area contributed by atoms with Crippen LogP contribution in [0.2, 0.25) is 5.02 Å². The van der Waals surface area contributed by atoms with Gasteiger partial charge in [-0.3, -0.25) is 9.36 Å². The van der Waals surface area contributed by atoms with Crippen LogP contribution in [0.5, 0.6) is 0 Å². The molecular formula is C16H13ClF2N4OS. The van der Waals surface area contributed by atoms with Crippen molar-refractivity contribution in [3.8, 4) is 10.6 Å². The van der Waals surface area contributed by atoms with Crippen LogP contribution < -0.4 is 5.32 Å². The van der Waals surface area contributed by atoms with Gasteiger partial charge in [0, 0.05) is 30.9 Å². The second-order valence-corrected chi connectivity index (χ2v) is 6.48. The lowest BCUT2D eigenvalue weighted by Gasteiger charge is -2.06. The average molecular weight is 383 g/mol. The van der Waals surface area contributed by atoms with Crippen molar-refractivity contribution in [3.05, 3.63) is 58.6 Å². The summed E-state index contributed by atoms with van der Waals surface area (Å²) in [6.45, 7) is -2.45. The Balaban J connectivity index is 1.61. The first-order valence-corrected chi connectivity index (χ1v) is 8.54. The predicted molar refractivity (Wildman–Crippen MR) is 92.1 cm³/mol. The zero-order chi connectivity index (χ0) is 17.8. The zero-order valence-corrected chi connectivity index (χ0v) is 14.4. The minimum Gasteiger partial charge on any atom is -0.351 e. The lowest BCUT2D eigenvalue weighted by atomic mass is 10.2. The molecular weight excluding hydrogens is 370 g/mol. The molecule has 0 spiro atoms. The standard InChI is InChI=1S/C16H13ClF2N4OS/c17-11-4-2-1-3-10(11)15-22-9-12(25-15)14(24)21-6-5-13-20-7-8-23(13)16(18)19/h1-4,7-9,16H,5-6H2,(H,21,24). The molecule has 0 aliphatic rings. The minimum atomic E-state index is -2.65. The number of alkyl halides is 2. The van der Waals surface area contributed by atoms with Crippen LogP contribution >= 0.6 is 22.9 Å². The number of hydrogen-bond acceptors (Lipinski definition) is 4. The predicted octanol–water partition coefficient (Wildman–Crippen LogP) is 4.03. The smallest absolute Gasteiger partial charge is 0.319 e. The summed E-state index contributed by atoms with van der Waals surface area (Å²) >= 11 is 7.34. The van der Waals surface area contributed by atoms with Crippen molar-refractivity contribution in [2.75, 3.05) is 6.54 Å². The molecule has 0 atom stereocenters. The summed E-state index contributed by atoms with van der Waals surface area (Å²) in [7, 11) is 0. The maximum atomic E-state index is 12.7. The van der Waals surface area contributed by atoms with Gasteiger partial charge in [-0.25, -0.2) is 9.97 Å².